The summed E-state index contributed by atoms with van der Waals surface area (Å²) < 4.78 is 26.6. The van der Waals surface area contributed by atoms with E-state index < -0.39 is 11.6 Å². The van der Waals surface area contributed by atoms with Gasteiger partial charge in [-0.2, -0.15) is 0 Å². The molecule has 1 aromatic carbocycles. The first-order valence-electron chi connectivity index (χ1n) is 6.68. The lowest BCUT2D eigenvalue weighted by Gasteiger charge is -2.21. The van der Waals surface area contributed by atoms with Crippen LogP contribution in [0.3, 0.4) is 0 Å². The number of hydrogen-bond acceptors (Lipinski definition) is 2. The lowest BCUT2D eigenvalue weighted by molar-refractivity contribution is -0.122. The van der Waals surface area contributed by atoms with Crippen LogP contribution in [0.1, 0.15) is 45.7 Å². The van der Waals surface area contributed by atoms with Gasteiger partial charge in [0.1, 0.15) is 11.6 Å². The fraction of sp³-hybridized carbons (Fsp3) is 0.533. The molecule has 2 N–H and O–H groups in total. The molecule has 0 spiro atoms. The minimum Gasteiger partial charge on any atom is -0.351 e. The van der Waals surface area contributed by atoms with E-state index in [1.165, 1.54) is 6.07 Å². The summed E-state index contributed by atoms with van der Waals surface area (Å²) in [5.41, 5.74) is -0.00147. The summed E-state index contributed by atoms with van der Waals surface area (Å²) in [6.07, 6.45) is 0.290. The van der Waals surface area contributed by atoms with Crippen LogP contribution in [-0.2, 0) is 4.79 Å². The second-order valence-electron chi connectivity index (χ2n) is 5.89. The first kappa shape index (κ1) is 16.6. The van der Waals surface area contributed by atoms with Gasteiger partial charge >= 0.3 is 0 Å². The summed E-state index contributed by atoms with van der Waals surface area (Å²) in [5, 5.41) is 5.86. The predicted octanol–water partition coefficient (Wildman–Crippen LogP) is 2.92. The summed E-state index contributed by atoms with van der Waals surface area (Å²) >= 11 is 0. The van der Waals surface area contributed by atoms with E-state index in [4.69, 9.17) is 0 Å². The second-order valence-corrected chi connectivity index (χ2v) is 5.89. The number of benzene rings is 1. The molecule has 0 aliphatic rings. The molecular weight excluding hydrogens is 262 g/mol. The first-order chi connectivity index (χ1) is 9.19. The van der Waals surface area contributed by atoms with E-state index in [0.29, 0.717) is 13.0 Å². The smallest absolute Gasteiger partial charge is 0.221 e. The summed E-state index contributed by atoms with van der Waals surface area (Å²) in [5.74, 6) is -0.997. The van der Waals surface area contributed by atoms with Gasteiger partial charge in [0.05, 0.1) is 0 Å². The largest absolute Gasteiger partial charge is 0.351 e. The maximum Gasteiger partial charge on any atom is 0.221 e. The van der Waals surface area contributed by atoms with Crippen molar-refractivity contribution in [2.75, 3.05) is 6.54 Å². The van der Waals surface area contributed by atoms with E-state index >= 15 is 0 Å². The van der Waals surface area contributed by atoms with Gasteiger partial charge in [-0.15, -0.1) is 0 Å². The number of halogens is 2. The number of carbonyl (C=O) groups excluding carboxylic acids is 1. The number of rotatable bonds is 5. The lowest BCUT2D eigenvalue weighted by Crippen LogP contribution is -2.41. The Morgan fingerprint density at radius 2 is 1.95 bits per heavy atom. The fourth-order valence-electron chi connectivity index (χ4n) is 1.84. The van der Waals surface area contributed by atoms with Gasteiger partial charge < -0.3 is 10.6 Å². The summed E-state index contributed by atoms with van der Waals surface area (Å²) in [6, 6.07) is 3.01. The molecule has 0 aromatic heterocycles. The van der Waals surface area contributed by atoms with Gasteiger partial charge in [-0.25, -0.2) is 8.78 Å². The van der Waals surface area contributed by atoms with Crippen molar-refractivity contribution in [1.29, 1.82) is 0 Å². The quantitative estimate of drug-likeness (QED) is 0.873. The van der Waals surface area contributed by atoms with Gasteiger partial charge in [0, 0.05) is 30.1 Å². The average Bonchev–Trinajstić information content (AvgIpc) is 2.29. The predicted molar refractivity (Wildman–Crippen MR) is 75.3 cm³/mol. The zero-order chi connectivity index (χ0) is 15.3. The molecule has 0 aliphatic heterocycles. The lowest BCUT2D eigenvalue weighted by atomic mass is 10.1. The highest BCUT2D eigenvalue weighted by atomic mass is 19.1. The number of carbonyl (C=O) groups is 1. The fourth-order valence-corrected chi connectivity index (χ4v) is 1.84. The Balaban J connectivity index is 2.46. The van der Waals surface area contributed by atoms with Crippen LogP contribution in [0, 0.1) is 11.6 Å². The van der Waals surface area contributed by atoms with Crippen LogP contribution in [0.15, 0.2) is 18.2 Å². The third-order valence-electron chi connectivity index (χ3n) is 2.74. The molecule has 0 aliphatic carbocycles. The molecule has 1 rings (SSSR count). The van der Waals surface area contributed by atoms with Crippen molar-refractivity contribution in [2.45, 2.75) is 45.7 Å². The van der Waals surface area contributed by atoms with Gasteiger partial charge in [0.2, 0.25) is 5.91 Å². The molecule has 1 unspecified atom stereocenters. The molecular formula is C15H22F2N2O. The number of amides is 1. The average molecular weight is 284 g/mol. The Labute approximate surface area is 118 Å². The van der Waals surface area contributed by atoms with Crippen LogP contribution < -0.4 is 10.6 Å². The maximum atomic E-state index is 13.5. The van der Waals surface area contributed by atoms with Crippen LogP contribution in [0.5, 0.6) is 0 Å². The van der Waals surface area contributed by atoms with E-state index in [2.05, 4.69) is 10.6 Å². The Morgan fingerprint density at radius 1 is 1.30 bits per heavy atom. The van der Waals surface area contributed by atoms with Gasteiger partial charge in [0.25, 0.3) is 0 Å². The van der Waals surface area contributed by atoms with Crippen molar-refractivity contribution >= 4 is 5.91 Å². The van der Waals surface area contributed by atoms with Gasteiger partial charge in [-0.3, -0.25) is 4.79 Å². The van der Waals surface area contributed by atoms with Crippen LogP contribution in [0.2, 0.25) is 0 Å². The van der Waals surface area contributed by atoms with Crippen LogP contribution in [0.25, 0.3) is 0 Å². The molecule has 20 heavy (non-hydrogen) atoms. The highest BCUT2D eigenvalue weighted by Gasteiger charge is 2.15. The molecule has 0 bridgehead atoms. The molecule has 0 radical (unpaired) electrons. The summed E-state index contributed by atoms with van der Waals surface area (Å²) in [4.78, 5) is 11.6. The van der Waals surface area contributed by atoms with E-state index in [1.54, 1.807) is 6.92 Å². The van der Waals surface area contributed by atoms with Gasteiger partial charge in [0.15, 0.2) is 0 Å². The van der Waals surface area contributed by atoms with E-state index in [1.807, 2.05) is 20.8 Å². The summed E-state index contributed by atoms with van der Waals surface area (Å²) in [6.45, 7) is 7.85. The van der Waals surface area contributed by atoms with Crippen LogP contribution in [0.4, 0.5) is 8.78 Å². The Morgan fingerprint density at radius 3 is 2.55 bits per heavy atom. The Bertz CT molecular complexity index is 469. The molecule has 5 heteroatoms. The van der Waals surface area contributed by atoms with Crippen LogP contribution >= 0.6 is 0 Å². The van der Waals surface area contributed by atoms with E-state index in [0.717, 1.165) is 12.1 Å². The van der Waals surface area contributed by atoms with Gasteiger partial charge in [-0.1, -0.05) is 0 Å². The molecule has 0 saturated carbocycles. The monoisotopic (exact) mass is 284 g/mol. The molecule has 0 saturated heterocycles. The van der Waals surface area contributed by atoms with Crippen molar-refractivity contribution in [2.24, 2.45) is 0 Å². The number of hydrogen-bond donors (Lipinski definition) is 2. The third kappa shape index (κ3) is 5.65. The highest BCUT2D eigenvalue weighted by molar-refractivity contribution is 5.76. The molecule has 3 nitrogen and oxygen atoms in total. The number of nitrogens with one attached hydrogen (secondary N) is 2. The zero-order valence-corrected chi connectivity index (χ0v) is 12.4. The highest BCUT2D eigenvalue weighted by Crippen LogP contribution is 2.17. The van der Waals surface area contributed by atoms with E-state index in [-0.39, 0.29) is 23.1 Å². The van der Waals surface area contributed by atoms with Crippen molar-refractivity contribution in [3.8, 4) is 0 Å². The minimum absolute atomic E-state index is 0.0723. The second kappa shape index (κ2) is 6.79. The van der Waals surface area contributed by atoms with Gasteiger partial charge in [-0.05, 0) is 45.9 Å². The maximum absolute atomic E-state index is 13.5. The van der Waals surface area contributed by atoms with Crippen LogP contribution in [-0.4, -0.2) is 18.0 Å². The first-order valence-corrected chi connectivity index (χ1v) is 6.68. The molecule has 1 aromatic rings. The molecule has 0 fully saturated rings. The Hall–Kier alpha value is -1.49. The molecule has 0 heterocycles. The zero-order valence-electron chi connectivity index (χ0n) is 12.4. The van der Waals surface area contributed by atoms with Crippen molar-refractivity contribution in [1.82, 2.24) is 10.6 Å². The summed E-state index contributed by atoms with van der Waals surface area (Å²) in [7, 11) is 0. The standard InChI is InChI=1S/C15H22F2N2O/c1-10(12-9-11(16)5-6-13(12)17)18-8-7-14(20)19-15(2,3)4/h5-6,9-10,18H,7-8H2,1-4H3,(H,19,20). The topological polar surface area (TPSA) is 41.1 Å². The molecule has 1 amide bonds. The normalized spacial score (nSPS) is 13.1. The van der Waals surface area contributed by atoms with Crippen molar-refractivity contribution in [3.05, 3.63) is 35.4 Å². The minimum atomic E-state index is -0.472. The molecule has 1 atom stereocenters. The van der Waals surface area contributed by atoms with Crippen molar-refractivity contribution < 1.29 is 13.6 Å². The Kier molecular flexibility index (Phi) is 5.62. The SMILES string of the molecule is CC(NCCC(=O)NC(C)(C)C)c1cc(F)ccc1F. The van der Waals surface area contributed by atoms with Crippen molar-refractivity contribution in [3.63, 3.8) is 0 Å². The molecule has 112 valence electrons. The van der Waals surface area contributed by atoms with E-state index in [9.17, 15) is 13.6 Å². The third-order valence-corrected chi connectivity index (χ3v) is 2.74.